The minimum Gasteiger partial charge on any atom is -0.492 e. The highest BCUT2D eigenvalue weighted by Crippen LogP contribution is 2.34. The van der Waals surface area contributed by atoms with E-state index in [1.807, 2.05) is 31.2 Å². The lowest BCUT2D eigenvalue weighted by atomic mass is 10.0. The third kappa shape index (κ3) is 2.54. The largest absolute Gasteiger partial charge is 0.492 e. The van der Waals surface area contributed by atoms with E-state index in [1.165, 1.54) is 0 Å². The molecule has 1 aromatic carbocycles. The van der Waals surface area contributed by atoms with E-state index in [0.717, 1.165) is 17.0 Å². The van der Waals surface area contributed by atoms with Crippen LogP contribution in [0.2, 0.25) is 0 Å². The van der Waals surface area contributed by atoms with Crippen LogP contribution in [0.5, 0.6) is 11.6 Å². The molecule has 1 atom stereocenters. The summed E-state index contributed by atoms with van der Waals surface area (Å²) < 4.78 is 10.6. The van der Waals surface area contributed by atoms with Crippen LogP contribution < -0.4 is 14.8 Å². The third-order valence-electron chi connectivity index (χ3n) is 3.54. The summed E-state index contributed by atoms with van der Waals surface area (Å²) >= 11 is 0. The quantitative estimate of drug-likeness (QED) is 0.940. The van der Waals surface area contributed by atoms with E-state index in [9.17, 15) is 4.79 Å². The molecule has 1 aliphatic heterocycles. The van der Waals surface area contributed by atoms with Crippen LogP contribution in [0.4, 0.5) is 5.69 Å². The van der Waals surface area contributed by atoms with Crippen molar-refractivity contribution in [1.82, 2.24) is 4.98 Å². The summed E-state index contributed by atoms with van der Waals surface area (Å²) in [5.41, 5.74) is 2.33. The van der Waals surface area contributed by atoms with Gasteiger partial charge in [0.25, 0.3) is 0 Å². The fourth-order valence-corrected chi connectivity index (χ4v) is 2.38. The van der Waals surface area contributed by atoms with Crippen molar-refractivity contribution < 1.29 is 14.3 Å². The van der Waals surface area contributed by atoms with Gasteiger partial charge in [-0.05, 0) is 19.1 Å². The number of aryl methyl sites for hydroxylation is 1. The summed E-state index contributed by atoms with van der Waals surface area (Å²) in [6.45, 7) is 2.20. The Hall–Kier alpha value is -2.56. The first-order valence-corrected chi connectivity index (χ1v) is 6.73. The number of hydrogen-bond donors (Lipinski definition) is 1. The van der Waals surface area contributed by atoms with Crippen LogP contribution in [0.3, 0.4) is 0 Å². The van der Waals surface area contributed by atoms with Gasteiger partial charge >= 0.3 is 0 Å². The van der Waals surface area contributed by atoms with Gasteiger partial charge in [-0.2, -0.15) is 0 Å². The predicted octanol–water partition coefficient (Wildman–Crippen LogP) is 2.51. The average molecular weight is 284 g/mol. The van der Waals surface area contributed by atoms with Crippen molar-refractivity contribution in [2.24, 2.45) is 0 Å². The van der Waals surface area contributed by atoms with Gasteiger partial charge in [-0.15, -0.1) is 0 Å². The molecule has 1 amide bonds. The van der Waals surface area contributed by atoms with E-state index in [2.05, 4.69) is 10.3 Å². The Bertz CT molecular complexity index is 685. The summed E-state index contributed by atoms with van der Waals surface area (Å²) in [6, 6.07) is 11.1. The summed E-state index contributed by atoms with van der Waals surface area (Å²) in [5.74, 6) is 0.931. The number of carbonyl (C=O) groups is 1. The normalized spacial score (nSPS) is 16.0. The molecule has 0 bridgehead atoms. The van der Waals surface area contributed by atoms with E-state index in [0.29, 0.717) is 18.2 Å². The maximum absolute atomic E-state index is 12.4. The highest BCUT2D eigenvalue weighted by atomic mass is 16.5. The SMILES string of the molecule is COc1ccc(NC(=O)C2COc3ccccc32)c(C)n1. The number of rotatable bonds is 3. The van der Waals surface area contributed by atoms with E-state index < -0.39 is 0 Å². The molecule has 5 nitrogen and oxygen atoms in total. The lowest BCUT2D eigenvalue weighted by molar-refractivity contribution is -0.117. The number of fused-ring (bicyclic) bond motifs is 1. The number of para-hydroxylation sites is 1. The molecule has 1 N–H and O–H groups in total. The fraction of sp³-hybridized carbons (Fsp3) is 0.250. The maximum Gasteiger partial charge on any atom is 0.235 e. The number of aromatic nitrogens is 1. The topological polar surface area (TPSA) is 60.5 Å². The average Bonchev–Trinajstić information content (AvgIpc) is 2.93. The molecule has 108 valence electrons. The van der Waals surface area contributed by atoms with Crippen LogP contribution >= 0.6 is 0 Å². The number of amides is 1. The van der Waals surface area contributed by atoms with Crippen LogP contribution in [0.15, 0.2) is 36.4 Å². The number of anilines is 1. The molecule has 1 aromatic heterocycles. The summed E-state index contributed by atoms with van der Waals surface area (Å²) in [7, 11) is 1.56. The zero-order valence-corrected chi connectivity index (χ0v) is 11.9. The number of pyridine rings is 1. The zero-order chi connectivity index (χ0) is 14.8. The third-order valence-corrected chi connectivity index (χ3v) is 3.54. The molecule has 2 heterocycles. The summed E-state index contributed by atoms with van der Waals surface area (Å²) in [6.07, 6.45) is 0. The van der Waals surface area contributed by atoms with Gasteiger partial charge in [0.05, 0.1) is 18.5 Å². The van der Waals surface area contributed by atoms with Crippen molar-refractivity contribution in [3.63, 3.8) is 0 Å². The minimum atomic E-state index is -0.289. The first-order valence-electron chi connectivity index (χ1n) is 6.73. The van der Waals surface area contributed by atoms with Crippen molar-refractivity contribution in [2.45, 2.75) is 12.8 Å². The number of nitrogens with zero attached hydrogens (tertiary/aromatic N) is 1. The van der Waals surface area contributed by atoms with Gasteiger partial charge in [-0.25, -0.2) is 4.98 Å². The second-order valence-electron chi connectivity index (χ2n) is 4.88. The molecule has 0 spiro atoms. The van der Waals surface area contributed by atoms with Gasteiger partial charge in [-0.3, -0.25) is 4.79 Å². The number of hydrogen-bond acceptors (Lipinski definition) is 4. The monoisotopic (exact) mass is 284 g/mol. The van der Waals surface area contributed by atoms with Crippen molar-refractivity contribution in [3.8, 4) is 11.6 Å². The lowest BCUT2D eigenvalue weighted by Gasteiger charge is -2.12. The minimum absolute atomic E-state index is 0.0879. The van der Waals surface area contributed by atoms with E-state index >= 15 is 0 Å². The molecule has 0 aliphatic carbocycles. The summed E-state index contributed by atoms with van der Waals surface area (Å²) in [4.78, 5) is 16.7. The van der Waals surface area contributed by atoms with Gasteiger partial charge in [-0.1, -0.05) is 18.2 Å². The summed E-state index contributed by atoms with van der Waals surface area (Å²) in [5, 5.41) is 2.91. The number of ether oxygens (including phenoxy) is 2. The molecule has 0 saturated carbocycles. The Balaban J connectivity index is 1.79. The molecule has 0 fully saturated rings. The van der Waals surface area contributed by atoms with Crippen molar-refractivity contribution >= 4 is 11.6 Å². The second-order valence-corrected chi connectivity index (χ2v) is 4.88. The van der Waals surface area contributed by atoms with Crippen LogP contribution in [0.1, 0.15) is 17.2 Å². The van der Waals surface area contributed by atoms with Crippen LogP contribution in [0.25, 0.3) is 0 Å². The molecular formula is C16H16N2O3. The molecule has 1 unspecified atom stereocenters. The molecule has 21 heavy (non-hydrogen) atoms. The number of nitrogens with one attached hydrogen (secondary N) is 1. The highest BCUT2D eigenvalue weighted by Gasteiger charge is 2.30. The molecule has 3 rings (SSSR count). The Morgan fingerprint density at radius 1 is 1.33 bits per heavy atom. The van der Waals surface area contributed by atoms with Gasteiger partial charge in [0.1, 0.15) is 18.3 Å². The Labute approximate surface area is 122 Å². The molecular weight excluding hydrogens is 268 g/mol. The fourth-order valence-electron chi connectivity index (χ4n) is 2.38. The first kappa shape index (κ1) is 13.4. The van der Waals surface area contributed by atoms with Gasteiger partial charge in [0.2, 0.25) is 11.8 Å². The van der Waals surface area contributed by atoms with Crippen molar-refractivity contribution in [3.05, 3.63) is 47.7 Å². The predicted molar refractivity (Wildman–Crippen MR) is 78.8 cm³/mol. The molecule has 0 radical (unpaired) electrons. The van der Waals surface area contributed by atoms with Gasteiger partial charge in [0, 0.05) is 11.6 Å². The smallest absolute Gasteiger partial charge is 0.235 e. The van der Waals surface area contributed by atoms with Crippen molar-refractivity contribution in [2.75, 3.05) is 19.0 Å². The highest BCUT2D eigenvalue weighted by molar-refractivity contribution is 5.97. The second kappa shape index (κ2) is 5.44. The van der Waals surface area contributed by atoms with E-state index in [1.54, 1.807) is 19.2 Å². The lowest BCUT2D eigenvalue weighted by Crippen LogP contribution is -2.22. The van der Waals surface area contributed by atoms with Gasteiger partial charge in [0.15, 0.2) is 0 Å². The number of benzene rings is 1. The Morgan fingerprint density at radius 2 is 2.14 bits per heavy atom. The maximum atomic E-state index is 12.4. The molecule has 0 saturated heterocycles. The zero-order valence-electron chi connectivity index (χ0n) is 11.9. The molecule has 2 aromatic rings. The number of methoxy groups -OCH3 is 1. The van der Waals surface area contributed by atoms with Crippen LogP contribution in [-0.2, 0) is 4.79 Å². The Kier molecular flexibility index (Phi) is 3.48. The first-order chi connectivity index (χ1) is 10.2. The number of carbonyl (C=O) groups excluding carboxylic acids is 1. The standard InChI is InChI=1S/C16H16N2O3/c1-10-13(7-8-15(17-10)20-2)18-16(19)12-9-21-14-6-4-3-5-11(12)14/h3-8,12H,9H2,1-2H3,(H,18,19). The van der Waals surface area contributed by atoms with E-state index in [-0.39, 0.29) is 11.8 Å². The van der Waals surface area contributed by atoms with Crippen molar-refractivity contribution in [1.29, 1.82) is 0 Å². The van der Waals surface area contributed by atoms with Crippen LogP contribution in [0, 0.1) is 6.92 Å². The molecule has 5 heteroatoms. The van der Waals surface area contributed by atoms with Gasteiger partial charge < -0.3 is 14.8 Å². The molecule has 1 aliphatic rings. The van der Waals surface area contributed by atoms with Crippen LogP contribution in [-0.4, -0.2) is 24.6 Å². The Morgan fingerprint density at radius 3 is 2.90 bits per heavy atom. The van der Waals surface area contributed by atoms with E-state index in [4.69, 9.17) is 9.47 Å².